The predicted octanol–water partition coefficient (Wildman–Crippen LogP) is 7.18. The molecule has 4 N–H and O–H groups in total. The van der Waals surface area contributed by atoms with Crippen molar-refractivity contribution in [3.8, 4) is 0 Å². The molecule has 0 aliphatic heterocycles. The molecular weight excluding hydrogens is 432 g/mol. The van der Waals surface area contributed by atoms with E-state index in [1.54, 1.807) is 0 Å². The zero-order chi connectivity index (χ0) is 27.5. The first kappa shape index (κ1) is 38.2. The lowest BCUT2D eigenvalue weighted by molar-refractivity contribution is -0.121. The van der Waals surface area contributed by atoms with E-state index in [0.717, 1.165) is 37.9 Å². The van der Waals surface area contributed by atoms with Crippen LogP contribution in [-0.4, -0.2) is 50.1 Å². The molecule has 0 heterocycles. The number of carbonyl (C=O) groups excluding carboxylic acids is 1. The number of amides is 1. The molecule has 1 atom stereocenters. The summed E-state index contributed by atoms with van der Waals surface area (Å²) in [5, 5.41) is 6.69. The molecule has 0 radical (unpaired) electrons. The summed E-state index contributed by atoms with van der Waals surface area (Å²) in [4.78, 5) is 14.7. The van der Waals surface area contributed by atoms with Crippen molar-refractivity contribution in [1.29, 1.82) is 0 Å². The molecule has 1 fully saturated rings. The fraction of sp³-hybridized carbons (Fsp3) is 0.833. The lowest BCUT2D eigenvalue weighted by Crippen LogP contribution is -2.41. The Labute approximate surface area is 220 Å². The zero-order valence-corrected chi connectivity index (χ0v) is 25.4. The summed E-state index contributed by atoms with van der Waals surface area (Å²) in [6, 6.07) is -0.0583. The number of nitrogens with one attached hydrogen (secondary N) is 2. The Morgan fingerprint density at radius 2 is 1.54 bits per heavy atom. The molecule has 1 saturated carbocycles. The predicted molar refractivity (Wildman–Crippen MR) is 159 cm³/mol. The Hall–Kier alpha value is -1.33. The van der Waals surface area contributed by atoms with Gasteiger partial charge in [0.2, 0.25) is 5.91 Å². The molecule has 0 aromatic heterocycles. The molecule has 1 rings (SSSR count). The maximum Gasteiger partial charge on any atom is 0.241 e. The maximum absolute atomic E-state index is 12.5. The molecule has 5 heteroatoms. The first-order valence-electron chi connectivity index (χ1n) is 14.8. The van der Waals surface area contributed by atoms with E-state index in [-0.39, 0.29) is 5.91 Å². The third-order valence-electron chi connectivity index (χ3n) is 5.49. The molecule has 0 spiro atoms. The number of rotatable bonds is 14. The fourth-order valence-corrected chi connectivity index (χ4v) is 3.96. The van der Waals surface area contributed by atoms with Crippen LogP contribution in [-0.2, 0) is 4.79 Å². The van der Waals surface area contributed by atoms with Gasteiger partial charge in [-0.1, -0.05) is 106 Å². The van der Waals surface area contributed by atoms with Crippen molar-refractivity contribution in [2.24, 2.45) is 5.73 Å². The molecular formula is C30H64N4O. The first-order valence-corrected chi connectivity index (χ1v) is 14.8. The summed E-state index contributed by atoms with van der Waals surface area (Å²) in [6.07, 6.45) is 17.2. The second kappa shape index (κ2) is 28.9. The highest BCUT2D eigenvalue weighted by Gasteiger charge is 2.16. The Morgan fingerprint density at radius 3 is 2.06 bits per heavy atom. The summed E-state index contributed by atoms with van der Waals surface area (Å²) in [5.74, 6) is -0.0969. The van der Waals surface area contributed by atoms with E-state index in [9.17, 15) is 4.79 Å². The largest absolute Gasteiger partial charge is 0.386 e. The standard InChI is InChI=1S/C24H46N4O.3C2H6/c1-5-7-9-15-22(27-21-13-10-8-11-14-21)18-23(25)24(29)26-17-16-20(12-6-2)19-28(3)4;3*1-2/h16,18,21,23,27H,5-15,17,19,25H2,1-4H3,(H,26,29);3*1-2H3/b20-16+,22-18-;;;. The van der Waals surface area contributed by atoms with Gasteiger partial charge >= 0.3 is 0 Å². The van der Waals surface area contributed by atoms with Gasteiger partial charge in [0.15, 0.2) is 0 Å². The Kier molecular flexibility index (Phi) is 31.6. The van der Waals surface area contributed by atoms with E-state index in [0.29, 0.717) is 12.6 Å². The highest BCUT2D eigenvalue weighted by molar-refractivity contribution is 5.83. The summed E-state index contributed by atoms with van der Waals surface area (Å²) in [7, 11) is 4.14. The van der Waals surface area contributed by atoms with E-state index < -0.39 is 6.04 Å². The molecule has 1 aliphatic rings. The van der Waals surface area contributed by atoms with Gasteiger partial charge in [0.25, 0.3) is 0 Å². The van der Waals surface area contributed by atoms with Crippen LogP contribution in [0.2, 0.25) is 0 Å². The van der Waals surface area contributed by atoms with Crippen molar-refractivity contribution < 1.29 is 4.79 Å². The average molecular weight is 497 g/mol. The molecule has 35 heavy (non-hydrogen) atoms. The molecule has 0 aromatic rings. The molecule has 1 aliphatic carbocycles. The van der Waals surface area contributed by atoms with Crippen molar-refractivity contribution >= 4 is 5.91 Å². The highest BCUT2D eigenvalue weighted by Crippen LogP contribution is 2.20. The number of carbonyl (C=O) groups is 1. The number of hydrogen-bond donors (Lipinski definition) is 3. The van der Waals surface area contributed by atoms with Gasteiger partial charge in [-0.05, 0) is 52.3 Å². The third-order valence-corrected chi connectivity index (χ3v) is 5.49. The van der Waals surface area contributed by atoms with Crippen LogP contribution in [0, 0.1) is 0 Å². The first-order chi connectivity index (χ1) is 17.0. The van der Waals surface area contributed by atoms with E-state index >= 15 is 0 Å². The topological polar surface area (TPSA) is 70.4 Å². The summed E-state index contributed by atoms with van der Waals surface area (Å²) < 4.78 is 0. The van der Waals surface area contributed by atoms with Crippen LogP contribution in [0.4, 0.5) is 0 Å². The Balaban J connectivity index is -0.00000158. The van der Waals surface area contributed by atoms with Crippen LogP contribution in [0.1, 0.15) is 126 Å². The van der Waals surface area contributed by atoms with Gasteiger partial charge in [-0.2, -0.15) is 0 Å². The molecule has 0 aromatic carbocycles. The monoisotopic (exact) mass is 497 g/mol. The van der Waals surface area contributed by atoms with Crippen molar-refractivity contribution in [3.05, 3.63) is 23.4 Å². The molecule has 0 bridgehead atoms. The number of likely N-dealkylation sites (N-methyl/N-ethyl adjacent to an activating group) is 1. The number of nitrogens with two attached hydrogens (primary N) is 1. The molecule has 1 amide bonds. The third kappa shape index (κ3) is 22.9. The minimum absolute atomic E-state index is 0.0969. The summed E-state index contributed by atoms with van der Waals surface area (Å²) in [6.45, 7) is 17.9. The van der Waals surface area contributed by atoms with Crippen molar-refractivity contribution in [2.45, 2.75) is 138 Å². The van der Waals surface area contributed by atoms with Gasteiger partial charge in [-0.3, -0.25) is 4.79 Å². The van der Waals surface area contributed by atoms with Crippen molar-refractivity contribution in [1.82, 2.24) is 15.5 Å². The molecule has 5 nitrogen and oxygen atoms in total. The van der Waals surface area contributed by atoms with Crippen LogP contribution < -0.4 is 16.4 Å². The van der Waals surface area contributed by atoms with Crippen molar-refractivity contribution in [3.63, 3.8) is 0 Å². The van der Waals surface area contributed by atoms with E-state index in [1.807, 2.05) is 47.6 Å². The van der Waals surface area contributed by atoms with Gasteiger partial charge in [-0.25, -0.2) is 0 Å². The maximum atomic E-state index is 12.5. The molecule has 1 unspecified atom stereocenters. The summed E-state index contributed by atoms with van der Waals surface area (Å²) in [5.41, 5.74) is 8.74. The lowest BCUT2D eigenvalue weighted by atomic mass is 9.95. The van der Waals surface area contributed by atoms with Crippen LogP contribution >= 0.6 is 0 Å². The highest BCUT2D eigenvalue weighted by atomic mass is 16.2. The minimum atomic E-state index is -0.598. The van der Waals surface area contributed by atoms with Gasteiger partial charge < -0.3 is 21.3 Å². The van der Waals surface area contributed by atoms with E-state index in [4.69, 9.17) is 5.73 Å². The smallest absolute Gasteiger partial charge is 0.241 e. The van der Waals surface area contributed by atoms with Crippen LogP contribution in [0.3, 0.4) is 0 Å². The minimum Gasteiger partial charge on any atom is -0.386 e. The average Bonchev–Trinajstić information content (AvgIpc) is 2.88. The van der Waals surface area contributed by atoms with Crippen LogP contribution in [0.5, 0.6) is 0 Å². The van der Waals surface area contributed by atoms with Gasteiger partial charge in [0.1, 0.15) is 6.04 Å². The Bertz CT molecular complexity index is 508. The summed E-state index contributed by atoms with van der Waals surface area (Å²) >= 11 is 0. The van der Waals surface area contributed by atoms with Gasteiger partial charge in [0, 0.05) is 24.8 Å². The fourth-order valence-electron chi connectivity index (χ4n) is 3.96. The molecule has 0 saturated heterocycles. The SMILES string of the molecule is CC.CC.CC.CCCCC/C(=C/C(N)C(=O)NC/C=C(\CCC)CN(C)C)NC1CCCCC1. The normalized spacial score (nSPS) is 15.0. The number of allylic oxidation sites excluding steroid dienone is 1. The number of hydrogen-bond acceptors (Lipinski definition) is 4. The van der Waals surface area contributed by atoms with Crippen molar-refractivity contribution in [2.75, 3.05) is 27.2 Å². The van der Waals surface area contributed by atoms with E-state index in [1.165, 1.54) is 50.5 Å². The van der Waals surface area contributed by atoms with Gasteiger partial charge in [0.05, 0.1) is 0 Å². The van der Waals surface area contributed by atoms with Crippen LogP contribution in [0.15, 0.2) is 23.4 Å². The number of unbranched alkanes of at least 4 members (excludes halogenated alkanes) is 2. The quantitative estimate of drug-likeness (QED) is 0.176. The number of nitrogens with zero attached hydrogens (tertiary/aromatic N) is 1. The molecule has 210 valence electrons. The zero-order valence-electron chi connectivity index (χ0n) is 25.4. The van der Waals surface area contributed by atoms with Crippen LogP contribution in [0.25, 0.3) is 0 Å². The Morgan fingerprint density at radius 1 is 0.943 bits per heavy atom. The van der Waals surface area contributed by atoms with Gasteiger partial charge in [-0.15, -0.1) is 0 Å². The lowest BCUT2D eigenvalue weighted by Gasteiger charge is -2.26. The second-order valence-electron chi connectivity index (χ2n) is 8.75. The second-order valence-corrected chi connectivity index (χ2v) is 8.75. The van der Waals surface area contributed by atoms with E-state index in [2.05, 4.69) is 49.6 Å².